The van der Waals surface area contributed by atoms with Gasteiger partial charge in [-0.05, 0) is 61.0 Å². The summed E-state index contributed by atoms with van der Waals surface area (Å²) in [6, 6.07) is 12.8. The second kappa shape index (κ2) is 10.1. The third kappa shape index (κ3) is 6.12. The van der Waals surface area contributed by atoms with Crippen molar-refractivity contribution < 1.29 is 22.4 Å². The minimum absolute atomic E-state index is 0.197. The van der Waals surface area contributed by atoms with Gasteiger partial charge in [0.25, 0.3) is 5.89 Å². The molecule has 4 aromatic heterocycles. The van der Waals surface area contributed by atoms with Crippen LogP contribution in [0.15, 0.2) is 71.6 Å². The Bertz CT molecular complexity index is 1460. The number of aromatic nitrogens is 7. The van der Waals surface area contributed by atoms with Crippen molar-refractivity contribution in [2.24, 2.45) is 0 Å². The zero-order valence-corrected chi connectivity index (χ0v) is 19.6. The molecule has 4 heterocycles. The molecule has 0 amide bonds. The second-order valence-electron chi connectivity index (χ2n) is 8.07. The summed E-state index contributed by atoms with van der Waals surface area (Å²) in [7, 11) is 0. The standard InChI is InChI=1S/C24H21F3N8O2/c1-16-13-20(23-31-22(33-37-23)18-3-5-19(6-4-18)36-24(25,26)27)32-35(16)15-17-7-9-28-21(14-17)29-10-12-34-11-2-8-30-34/h2-9,11,13-14H,10,12,15H2,1H3,(H,28,29). The van der Waals surface area contributed by atoms with E-state index < -0.39 is 6.36 Å². The first-order chi connectivity index (χ1) is 17.8. The van der Waals surface area contributed by atoms with Crippen LogP contribution in [0.4, 0.5) is 19.0 Å². The highest BCUT2D eigenvalue weighted by atomic mass is 19.4. The normalized spacial score (nSPS) is 11.6. The van der Waals surface area contributed by atoms with Gasteiger partial charge in [0.1, 0.15) is 11.6 Å². The largest absolute Gasteiger partial charge is 0.573 e. The molecule has 13 heteroatoms. The van der Waals surface area contributed by atoms with Crippen molar-refractivity contribution in [2.75, 3.05) is 11.9 Å². The van der Waals surface area contributed by atoms with Crippen LogP contribution < -0.4 is 10.1 Å². The smallest absolute Gasteiger partial charge is 0.406 e. The van der Waals surface area contributed by atoms with E-state index in [2.05, 4.69) is 35.4 Å². The molecular weight excluding hydrogens is 489 g/mol. The molecule has 0 aliphatic rings. The van der Waals surface area contributed by atoms with Crippen LogP contribution in [0.25, 0.3) is 23.0 Å². The van der Waals surface area contributed by atoms with Crippen LogP contribution in [0.1, 0.15) is 11.3 Å². The van der Waals surface area contributed by atoms with E-state index in [1.165, 1.54) is 24.3 Å². The van der Waals surface area contributed by atoms with Gasteiger partial charge in [-0.2, -0.15) is 15.2 Å². The summed E-state index contributed by atoms with van der Waals surface area (Å²) in [5, 5.41) is 16.0. The fourth-order valence-electron chi connectivity index (χ4n) is 3.60. The van der Waals surface area contributed by atoms with Gasteiger partial charge in [-0.1, -0.05) is 5.16 Å². The Labute approximate surface area is 208 Å². The van der Waals surface area contributed by atoms with Crippen LogP contribution in [-0.2, 0) is 13.1 Å². The lowest BCUT2D eigenvalue weighted by Crippen LogP contribution is -2.16. The summed E-state index contributed by atoms with van der Waals surface area (Å²) in [6.07, 6.45) is 0.620. The molecule has 1 aromatic carbocycles. The number of nitrogens with zero attached hydrogens (tertiary/aromatic N) is 7. The first-order valence-electron chi connectivity index (χ1n) is 11.2. The number of anilines is 1. The first kappa shape index (κ1) is 24.0. The fraction of sp³-hybridized carbons (Fsp3) is 0.208. The lowest BCUT2D eigenvalue weighted by molar-refractivity contribution is -0.274. The van der Waals surface area contributed by atoms with Gasteiger partial charge in [0, 0.05) is 36.4 Å². The highest BCUT2D eigenvalue weighted by Crippen LogP contribution is 2.27. The van der Waals surface area contributed by atoms with Gasteiger partial charge >= 0.3 is 6.36 Å². The Balaban J connectivity index is 1.24. The molecule has 0 atom stereocenters. The molecule has 0 aliphatic heterocycles. The Morgan fingerprint density at radius 2 is 1.92 bits per heavy atom. The number of nitrogens with one attached hydrogen (secondary N) is 1. The summed E-state index contributed by atoms with van der Waals surface area (Å²) < 4.78 is 50.0. The summed E-state index contributed by atoms with van der Waals surface area (Å²) in [6.45, 7) is 3.82. The Hall–Kier alpha value is -4.68. The zero-order chi connectivity index (χ0) is 25.8. The van der Waals surface area contributed by atoms with Gasteiger partial charge in [0.15, 0.2) is 5.69 Å². The van der Waals surface area contributed by atoms with Crippen molar-refractivity contribution in [3.63, 3.8) is 0 Å². The maximum Gasteiger partial charge on any atom is 0.573 e. The summed E-state index contributed by atoms with van der Waals surface area (Å²) in [5.74, 6) is 0.841. The molecule has 0 spiro atoms. The average molecular weight is 510 g/mol. The molecule has 0 saturated heterocycles. The van der Waals surface area contributed by atoms with Crippen LogP contribution >= 0.6 is 0 Å². The number of pyridine rings is 1. The zero-order valence-electron chi connectivity index (χ0n) is 19.6. The molecule has 10 nitrogen and oxygen atoms in total. The molecule has 5 aromatic rings. The van der Waals surface area contributed by atoms with Crippen molar-refractivity contribution in [3.05, 3.63) is 78.4 Å². The summed E-state index contributed by atoms with van der Waals surface area (Å²) >= 11 is 0. The van der Waals surface area contributed by atoms with E-state index in [0.29, 0.717) is 24.3 Å². The van der Waals surface area contributed by atoms with E-state index in [9.17, 15) is 13.2 Å². The first-order valence-corrected chi connectivity index (χ1v) is 11.2. The van der Waals surface area contributed by atoms with Crippen molar-refractivity contribution in [3.8, 4) is 28.7 Å². The number of hydrogen-bond donors (Lipinski definition) is 1. The van der Waals surface area contributed by atoms with Crippen LogP contribution in [0.3, 0.4) is 0 Å². The van der Waals surface area contributed by atoms with E-state index in [1.807, 2.05) is 46.7 Å². The lowest BCUT2D eigenvalue weighted by atomic mass is 10.2. The Kier molecular flexibility index (Phi) is 6.58. The van der Waals surface area contributed by atoms with E-state index in [4.69, 9.17) is 4.52 Å². The van der Waals surface area contributed by atoms with Crippen LogP contribution in [0.5, 0.6) is 5.75 Å². The molecule has 0 bridgehead atoms. The average Bonchev–Trinajstić information content (AvgIpc) is 3.61. The fourth-order valence-corrected chi connectivity index (χ4v) is 3.60. The van der Waals surface area contributed by atoms with Crippen molar-refractivity contribution in [1.82, 2.24) is 34.7 Å². The van der Waals surface area contributed by atoms with E-state index in [1.54, 1.807) is 12.4 Å². The molecule has 37 heavy (non-hydrogen) atoms. The van der Waals surface area contributed by atoms with Gasteiger partial charge in [0.05, 0.1) is 13.1 Å². The van der Waals surface area contributed by atoms with Crippen LogP contribution in [0, 0.1) is 6.92 Å². The molecule has 5 rings (SSSR count). The third-order valence-corrected chi connectivity index (χ3v) is 5.34. The Morgan fingerprint density at radius 1 is 1.08 bits per heavy atom. The number of aryl methyl sites for hydroxylation is 1. The minimum Gasteiger partial charge on any atom is -0.406 e. The van der Waals surface area contributed by atoms with Crippen LogP contribution in [-0.4, -0.2) is 47.6 Å². The maximum atomic E-state index is 12.4. The van der Waals surface area contributed by atoms with Crippen LogP contribution in [0.2, 0.25) is 0 Å². The number of alkyl halides is 3. The molecule has 0 radical (unpaired) electrons. The van der Waals surface area contributed by atoms with Crippen molar-refractivity contribution >= 4 is 5.82 Å². The molecule has 0 saturated carbocycles. The van der Waals surface area contributed by atoms with Gasteiger partial charge in [-0.15, -0.1) is 13.2 Å². The molecule has 0 aliphatic carbocycles. The number of rotatable bonds is 9. The summed E-state index contributed by atoms with van der Waals surface area (Å²) in [4.78, 5) is 8.70. The SMILES string of the molecule is Cc1cc(-c2nc(-c3ccc(OC(F)(F)F)cc3)no2)nn1Cc1ccnc(NCCn2cccn2)c1. The van der Waals surface area contributed by atoms with Crippen molar-refractivity contribution in [2.45, 2.75) is 26.4 Å². The molecule has 190 valence electrons. The number of hydrogen-bond acceptors (Lipinski definition) is 8. The highest BCUT2D eigenvalue weighted by Gasteiger charge is 2.31. The third-order valence-electron chi connectivity index (χ3n) is 5.34. The predicted octanol–water partition coefficient (Wildman–Crippen LogP) is 4.56. The molecule has 0 unspecified atom stereocenters. The van der Waals surface area contributed by atoms with E-state index >= 15 is 0 Å². The topological polar surface area (TPSA) is 109 Å². The number of ether oxygens (including phenoxy) is 1. The number of benzene rings is 1. The maximum absolute atomic E-state index is 12.4. The van der Waals surface area contributed by atoms with E-state index in [0.717, 1.165) is 23.6 Å². The predicted molar refractivity (Wildman–Crippen MR) is 126 cm³/mol. The monoisotopic (exact) mass is 510 g/mol. The quantitative estimate of drug-likeness (QED) is 0.308. The molecule has 1 N–H and O–H groups in total. The van der Waals surface area contributed by atoms with Gasteiger partial charge < -0.3 is 14.6 Å². The van der Waals surface area contributed by atoms with E-state index in [-0.39, 0.29) is 17.5 Å². The Morgan fingerprint density at radius 3 is 2.68 bits per heavy atom. The van der Waals surface area contributed by atoms with Gasteiger partial charge in [-0.3, -0.25) is 9.36 Å². The van der Waals surface area contributed by atoms with Crippen molar-refractivity contribution in [1.29, 1.82) is 0 Å². The molecule has 0 fully saturated rings. The second-order valence-corrected chi connectivity index (χ2v) is 8.07. The minimum atomic E-state index is -4.76. The highest BCUT2D eigenvalue weighted by molar-refractivity contribution is 5.59. The lowest BCUT2D eigenvalue weighted by Gasteiger charge is -2.09. The molecular formula is C24H21F3N8O2. The number of halogens is 3. The van der Waals surface area contributed by atoms with Gasteiger partial charge in [-0.25, -0.2) is 4.98 Å². The summed E-state index contributed by atoms with van der Waals surface area (Å²) in [5.41, 5.74) is 2.85. The van der Waals surface area contributed by atoms with Gasteiger partial charge in [0.2, 0.25) is 5.82 Å².